The van der Waals surface area contributed by atoms with E-state index >= 15 is 0 Å². The Balaban J connectivity index is 1.97. The van der Waals surface area contributed by atoms with Crippen molar-refractivity contribution in [1.82, 2.24) is 9.97 Å². The van der Waals surface area contributed by atoms with Crippen molar-refractivity contribution in [2.75, 3.05) is 5.32 Å². The normalized spacial score (nSPS) is 10.1. The number of hydrogen-bond acceptors (Lipinski definition) is 5. The second-order valence-corrected chi connectivity index (χ2v) is 4.57. The molecule has 1 heterocycles. The molecule has 0 atom stereocenters. The Morgan fingerprint density at radius 2 is 2.00 bits per heavy atom. The van der Waals surface area contributed by atoms with Crippen LogP contribution in [0.15, 0.2) is 36.7 Å². The Kier molecular flexibility index (Phi) is 4.51. The van der Waals surface area contributed by atoms with E-state index < -0.39 is 0 Å². The molecule has 1 aromatic heterocycles. The highest BCUT2D eigenvalue weighted by atomic mass is 16.5. The fraction of sp³-hybridized carbons (Fsp3) is 0.267. The lowest BCUT2D eigenvalue weighted by atomic mass is 10.1. The van der Waals surface area contributed by atoms with Gasteiger partial charge in [-0.2, -0.15) is 10.2 Å². The van der Waals surface area contributed by atoms with Gasteiger partial charge in [0.1, 0.15) is 5.82 Å². The summed E-state index contributed by atoms with van der Waals surface area (Å²) in [5.74, 6) is 1.16. The fourth-order valence-corrected chi connectivity index (χ4v) is 1.62. The number of aromatic nitrogens is 2. The van der Waals surface area contributed by atoms with Crippen molar-refractivity contribution in [3.63, 3.8) is 0 Å². The third-order valence-corrected chi connectivity index (χ3v) is 2.53. The van der Waals surface area contributed by atoms with Gasteiger partial charge in [0.15, 0.2) is 0 Å². The first kappa shape index (κ1) is 13.8. The molecule has 0 aliphatic carbocycles. The number of hydrogen-bond donors (Lipinski definition) is 1. The minimum atomic E-state index is 0.0677. The van der Waals surface area contributed by atoms with E-state index in [4.69, 9.17) is 10.00 Å². The molecule has 0 aliphatic heterocycles. The minimum Gasteiger partial charge on any atom is -0.474 e. The zero-order chi connectivity index (χ0) is 14.4. The summed E-state index contributed by atoms with van der Waals surface area (Å²) in [5, 5.41) is 11.9. The van der Waals surface area contributed by atoms with E-state index in [2.05, 4.69) is 21.4 Å². The van der Waals surface area contributed by atoms with E-state index in [-0.39, 0.29) is 6.10 Å². The third-order valence-electron chi connectivity index (χ3n) is 2.53. The second-order valence-electron chi connectivity index (χ2n) is 4.57. The van der Waals surface area contributed by atoms with Gasteiger partial charge < -0.3 is 10.1 Å². The zero-order valence-electron chi connectivity index (χ0n) is 11.5. The summed E-state index contributed by atoms with van der Waals surface area (Å²) in [6.07, 6.45) is 3.31. The summed E-state index contributed by atoms with van der Waals surface area (Å²) in [7, 11) is 0. The maximum atomic E-state index is 8.74. The molecule has 0 unspecified atom stereocenters. The fourth-order valence-electron chi connectivity index (χ4n) is 1.62. The molecule has 102 valence electrons. The van der Waals surface area contributed by atoms with Crippen molar-refractivity contribution in [2.24, 2.45) is 0 Å². The van der Waals surface area contributed by atoms with Crippen LogP contribution >= 0.6 is 0 Å². The van der Waals surface area contributed by atoms with E-state index in [0.717, 1.165) is 5.56 Å². The Morgan fingerprint density at radius 1 is 1.25 bits per heavy atom. The third kappa shape index (κ3) is 3.95. The van der Waals surface area contributed by atoms with Gasteiger partial charge in [-0.25, -0.2) is 0 Å². The van der Waals surface area contributed by atoms with E-state index in [9.17, 15) is 0 Å². The van der Waals surface area contributed by atoms with Gasteiger partial charge in [-0.15, -0.1) is 0 Å². The average Bonchev–Trinajstić information content (AvgIpc) is 2.45. The average molecular weight is 268 g/mol. The lowest BCUT2D eigenvalue weighted by molar-refractivity contribution is 0.232. The first-order valence-corrected chi connectivity index (χ1v) is 6.39. The molecule has 20 heavy (non-hydrogen) atoms. The summed E-state index contributed by atoms with van der Waals surface area (Å²) in [5.41, 5.74) is 1.72. The number of nitrogens with one attached hydrogen (secondary N) is 1. The molecule has 1 N–H and O–H groups in total. The van der Waals surface area contributed by atoms with Crippen molar-refractivity contribution in [3.05, 3.63) is 47.8 Å². The zero-order valence-corrected chi connectivity index (χ0v) is 11.5. The Hall–Kier alpha value is -2.61. The number of nitriles is 1. The van der Waals surface area contributed by atoms with E-state index in [1.54, 1.807) is 24.5 Å². The molecule has 0 saturated heterocycles. The maximum Gasteiger partial charge on any atom is 0.234 e. The molecule has 5 heteroatoms. The van der Waals surface area contributed by atoms with E-state index in [1.165, 1.54) is 0 Å². The largest absolute Gasteiger partial charge is 0.474 e. The molecule has 0 amide bonds. The first-order chi connectivity index (χ1) is 9.67. The highest BCUT2D eigenvalue weighted by molar-refractivity contribution is 5.37. The van der Waals surface area contributed by atoms with Crippen molar-refractivity contribution in [3.8, 4) is 11.9 Å². The van der Waals surface area contributed by atoms with Gasteiger partial charge in [0.05, 0.1) is 30.1 Å². The summed E-state index contributed by atoms with van der Waals surface area (Å²) in [4.78, 5) is 8.40. The molecule has 0 saturated carbocycles. The summed E-state index contributed by atoms with van der Waals surface area (Å²) in [6.45, 7) is 4.50. The number of ether oxygens (including phenoxy) is 1. The molecule has 0 radical (unpaired) electrons. The van der Waals surface area contributed by atoms with Crippen LogP contribution in [0.2, 0.25) is 0 Å². The van der Waals surface area contributed by atoms with Gasteiger partial charge in [0.25, 0.3) is 0 Å². The highest BCUT2D eigenvalue weighted by Gasteiger charge is 2.02. The molecule has 0 aliphatic rings. The summed E-state index contributed by atoms with van der Waals surface area (Å²) >= 11 is 0. The molecule has 2 rings (SSSR count). The van der Waals surface area contributed by atoms with Crippen molar-refractivity contribution < 1.29 is 4.74 Å². The molecule has 2 aromatic rings. The number of anilines is 1. The van der Waals surface area contributed by atoms with Gasteiger partial charge in [-0.05, 0) is 31.5 Å². The van der Waals surface area contributed by atoms with Crippen LogP contribution in [0.4, 0.5) is 5.82 Å². The predicted octanol–water partition coefficient (Wildman–Crippen LogP) is 2.75. The number of nitrogens with zero attached hydrogens (tertiary/aromatic N) is 3. The van der Waals surface area contributed by atoms with Crippen LogP contribution in [-0.4, -0.2) is 16.1 Å². The summed E-state index contributed by atoms with van der Waals surface area (Å²) in [6, 6.07) is 9.50. The first-order valence-electron chi connectivity index (χ1n) is 6.39. The SMILES string of the molecule is CC(C)Oc1cncc(NCc2ccc(C#N)cc2)n1. The monoisotopic (exact) mass is 268 g/mol. The topological polar surface area (TPSA) is 70.8 Å². The van der Waals surface area contributed by atoms with E-state index in [1.807, 2.05) is 26.0 Å². The van der Waals surface area contributed by atoms with E-state index in [0.29, 0.717) is 23.8 Å². The molecule has 0 spiro atoms. The minimum absolute atomic E-state index is 0.0677. The van der Waals surface area contributed by atoms with Crippen LogP contribution in [0.5, 0.6) is 5.88 Å². The molecule has 1 aromatic carbocycles. The molecular formula is C15H16N4O. The van der Waals surface area contributed by atoms with Crippen LogP contribution in [-0.2, 0) is 6.54 Å². The van der Waals surface area contributed by atoms with Crippen LogP contribution in [0.1, 0.15) is 25.0 Å². The Labute approximate surface area is 118 Å². The maximum absolute atomic E-state index is 8.74. The Morgan fingerprint density at radius 3 is 2.65 bits per heavy atom. The predicted molar refractivity (Wildman–Crippen MR) is 76.3 cm³/mol. The standard InChI is InChI=1S/C15H16N4O/c1-11(2)20-15-10-17-9-14(19-15)18-8-13-5-3-12(7-16)4-6-13/h3-6,9-11H,8H2,1-2H3,(H,18,19). The van der Waals surface area contributed by atoms with Crippen molar-refractivity contribution in [2.45, 2.75) is 26.5 Å². The van der Waals surface area contributed by atoms with Gasteiger partial charge >= 0.3 is 0 Å². The smallest absolute Gasteiger partial charge is 0.234 e. The van der Waals surface area contributed by atoms with Crippen LogP contribution < -0.4 is 10.1 Å². The van der Waals surface area contributed by atoms with Crippen LogP contribution in [0, 0.1) is 11.3 Å². The Bertz CT molecular complexity index is 602. The van der Waals surface area contributed by atoms with Crippen LogP contribution in [0.3, 0.4) is 0 Å². The summed E-state index contributed by atoms with van der Waals surface area (Å²) < 4.78 is 5.49. The molecule has 0 bridgehead atoms. The van der Waals surface area contributed by atoms with Crippen molar-refractivity contribution in [1.29, 1.82) is 5.26 Å². The lowest BCUT2D eigenvalue weighted by Crippen LogP contribution is -2.09. The highest BCUT2D eigenvalue weighted by Crippen LogP contribution is 2.12. The molecular weight excluding hydrogens is 252 g/mol. The molecule has 5 nitrogen and oxygen atoms in total. The molecule has 0 fully saturated rings. The van der Waals surface area contributed by atoms with Crippen molar-refractivity contribution >= 4 is 5.82 Å². The van der Waals surface area contributed by atoms with Gasteiger partial charge in [-0.3, -0.25) is 4.98 Å². The van der Waals surface area contributed by atoms with Crippen LogP contribution in [0.25, 0.3) is 0 Å². The van der Waals surface area contributed by atoms with Gasteiger partial charge in [0.2, 0.25) is 5.88 Å². The lowest BCUT2D eigenvalue weighted by Gasteiger charge is -2.10. The second kappa shape index (κ2) is 6.53. The quantitative estimate of drug-likeness (QED) is 0.902. The van der Waals surface area contributed by atoms with Gasteiger partial charge in [-0.1, -0.05) is 12.1 Å². The number of rotatable bonds is 5. The van der Waals surface area contributed by atoms with Gasteiger partial charge in [0, 0.05) is 6.54 Å². The number of benzene rings is 1.